The molecule has 0 saturated carbocycles. The minimum atomic E-state index is -0.116. The summed E-state index contributed by atoms with van der Waals surface area (Å²) in [5.74, 6) is -0.116. The Bertz CT molecular complexity index is 759. The number of rotatable bonds is 4. The largest absolute Gasteiger partial charge is 0.322 e. The van der Waals surface area contributed by atoms with E-state index in [1.807, 2.05) is 24.3 Å². The molecule has 2 N–H and O–H groups in total. The third-order valence-electron chi connectivity index (χ3n) is 3.45. The number of fused-ring (bicyclic) bond motifs is 1. The molecule has 106 valence electrons. The highest BCUT2D eigenvalue weighted by Gasteiger charge is 2.07. The lowest BCUT2D eigenvalue weighted by atomic mass is 10.1. The van der Waals surface area contributed by atoms with Crippen molar-refractivity contribution in [2.45, 2.75) is 19.8 Å². The molecule has 0 radical (unpaired) electrons. The summed E-state index contributed by atoms with van der Waals surface area (Å²) in [6.45, 7) is 2.15. The number of carbonyl (C=O) groups is 1. The molecule has 1 heterocycles. The average Bonchev–Trinajstić information content (AvgIpc) is 2.97. The van der Waals surface area contributed by atoms with Gasteiger partial charge in [-0.1, -0.05) is 31.5 Å². The van der Waals surface area contributed by atoms with E-state index < -0.39 is 0 Å². The van der Waals surface area contributed by atoms with Gasteiger partial charge in [-0.25, -0.2) is 0 Å². The quantitative estimate of drug-likeness (QED) is 0.763. The maximum Gasteiger partial charge on any atom is 0.255 e. The van der Waals surface area contributed by atoms with Crippen molar-refractivity contribution in [1.29, 1.82) is 0 Å². The van der Waals surface area contributed by atoms with Crippen molar-refractivity contribution in [3.8, 4) is 0 Å². The number of nitrogens with zero attached hydrogens (tertiary/aromatic N) is 1. The van der Waals surface area contributed by atoms with Crippen LogP contribution in [0.15, 0.2) is 48.7 Å². The molecule has 1 aromatic heterocycles. The zero-order valence-corrected chi connectivity index (χ0v) is 11.9. The lowest BCUT2D eigenvalue weighted by Gasteiger charge is -2.06. The minimum absolute atomic E-state index is 0.116. The van der Waals surface area contributed by atoms with Gasteiger partial charge in [0.1, 0.15) is 0 Å². The van der Waals surface area contributed by atoms with Crippen LogP contribution >= 0.6 is 0 Å². The predicted molar refractivity (Wildman–Crippen MR) is 84.5 cm³/mol. The molecule has 0 spiro atoms. The van der Waals surface area contributed by atoms with E-state index in [2.05, 4.69) is 34.6 Å². The third kappa shape index (κ3) is 2.94. The van der Waals surface area contributed by atoms with Gasteiger partial charge in [-0.2, -0.15) is 5.10 Å². The topological polar surface area (TPSA) is 57.8 Å². The molecule has 0 aliphatic rings. The van der Waals surface area contributed by atoms with Crippen LogP contribution in [-0.2, 0) is 6.42 Å². The zero-order chi connectivity index (χ0) is 14.7. The number of benzene rings is 2. The van der Waals surface area contributed by atoms with Crippen molar-refractivity contribution in [3.05, 3.63) is 59.8 Å². The van der Waals surface area contributed by atoms with Crippen LogP contribution in [0.25, 0.3) is 10.9 Å². The molecule has 4 heteroatoms. The molecule has 0 atom stereocenters. The van der Waals surface area contributed by atoms with Crippen LogP contribution in [0, 0.1) is 0 Å². The lowest BCUT2D eigenvalue weighted by molar-refractivity contribution is 0.102. The van der Waals surface area contributed by atoms with Crippen molar-refractivity contribution in [3.63, 3.8) is 0 Å². The van der Waals surface area contributed by atoms with E-state index in [1.165, 1.54) is 5.56 Å². The van der Waals surface area contributed by atoms with E-state index in [-0.39, 0.29) is 5.91 Å². The monoisotopic (exact) mass is 279 g/mol. The predicted octanol–water partition coefficient (Wildman–Crippen LogP) is 3.77. The fourth-order valence-corrected chi connectivity index (χ4v) is 2.32. The normalized spacial score (nSPS) is 10.7. The van der Waals surface area contributed by atoms with Gasteiger partial charge in [0.05, 0.1) is 11.7 Å². The van der Waals surface area contributed by atoms with E-state index in [1.54, 1.807) is 12.3 Å². The number of aromatic nitrogens is 2. The molecule has 0 unspecified atom stereocenters. The smallest absolute Gasteiger partial charge is 0.255 e. The van der Waals surface area contributed by atoms with Crippen LogP contribution in [0.2, 0.25) is 0 Å². The Kier molecular flexibility index (Phi) is 3.69. The first-order chi connectivity index (χ1) is 10.3. The maximum atomic E-state index is 12.2. The van der Waals surface area contributed by atoms with E-state index >= 15 is 0 Å². The fraction of sp³-hybridized carbons (Fsp3) is 0.176. The summed E-state index contributed by atoms with van der Waals surface area (Å²) >= 11 is 0. The molecule has 1 amide bonds. The highest BCUT2D eigenvalue weighted by atomic mass is 16.1. The van der Waals surface area contributed by atoms with Gasteiger partial charge in [-0.05, 0) is 36.2 Å². The van der Waals surface area contributed by atoms with Crippen molar-refractivity contribution < 1.29 is 4.79 Å². The van der Waals surface area contributed by atoms with Crippen molar-refractivity contribution in [2.75, 3.05) is 5.32 Å². The molecule has 0 aliphatic carbocycles. The second-order valence-corrected chi connectivity index (χ2v) is 5.07. The Morgan fingerprint density at radius 3 is 2.76 bits per heavy atom. The summed E-state index contributed by atoms with van der Waals surface area (Å²) in [5.41, 5.74) is 3.57. The number of hydrogen-bond acceptors (Lipinski definition) is 2. The molecule has 2 aromatic carbocycles. The third-order valence-corrected chi connectivity index (χ3v) is 3.45. The summed E-state index contributed by atoms with van der Waals surface area (Å²) in [7, 11) is 0. The maximum absolute atomic E-state index is 12.2. The first kappa shape index (κ1) is 13.4. The van der Waals surface area contributed by atoms with Crippen LogP contribution in [0.4, 0.5) is 5.69 Å². The summed E-state index contributed by atoms with van der Waals surface area (Å²) < 4.78 is 0. The summed E-state index contributed by atoms with van der Waals surface area (Å²) in [6.07, 6.45) is 3.92. The van der Waals surface area contributed by atoms with Gasteiger partial charge in [0.25, 0.3) is 5.91 Å². The number of carbonyl (C=O) groups excluding carboxylic acids is 1. The van der Waals surface area contributed by atoms with Crippen LogP contribution in [0.5, 0.6) is 0 Å². The van der Waals surface area contributed by atoms with Gasteiger partial charge in [0.15, 0.2) is 0 Å². The Morgan fingerprint density at radius 1 is 1.19 bits per heavy atom. The van der Waals surface area contributed by atoms with E-state index in [4.69, 9.17) is 0 Å². The Balaban J connectivity index is 1.75. The van der Waals surface area contributed by atoms with Crippen molar-refractivity contribution >= 4 is 22.5 Å². The number of H-pyrrole nitrogens is 1. The molecular weight excluding hydrogens is 262 g/mol. The van der Waals surface area contributed by atoms with Crippen LogP contribution in [0.3, 0.4) is 0 Å². The molecule has 0 fully saturated rings. The van der Waals surface area contributed by atoms with Gasteiger partial charge in [-0.15, -0.1) is 0 Å². The molecule has 0 saturated heterocycles. The first-order valence-corrected chi connectivity index (χ1v) is 7.09. The zero-order valence-electron chi connectivity index (χ0n) is 11.9. The number of hydrogen-bond donors (Lipinski definition) is 2. The summed E-state index contributed by atoms with van der Waals surface area (Å²) in [4.78, 5) is 12.2. The van der Waals surface area contributed by atoms with Gasteiger partial charge >= 0.3 is 0 Å². The summed E-state index contributed by atoms with van der Waals surface area (Å²) in [6, 6.07) is 13.5. The first-order valence-electron chi connectivity index (χ1n) is 7.09. The van der Waals surface area contributed by atoms with Crippen molar-refractivity contribution in [2.24, 2.45) is 0 Å². The Morgan fingerprint density at radius 2 is 2.00 bits per heavy atom. The SMILES string of the molecule is CCCc1ccc(NC(=O)c2ccc3cn[nH]c3c2)cc1. The van der Waals surface area contributed by atoms with Gasteiger partial charge < -0.3 is 5.32 Å². The molecule has 0 aliphatic heterocycles. The Hall–Kier alpha value is -2.62. The van der Waals surface area contributed by atoms with Gasteiger partial charge in [0, 0.05) is 16.6 Å². The van der Waals surface area contributed by atoms with Crippen molar-refractivity contribution in [1.82, 2.24) is 10.2 Å². The molecule has 3 rings (SSSR count). The van der Waals surface area contributed by atoms with E-state index in [0.717, 1.165) is 29.4 Å². The number of nitrogens with one attached hydrogen (secondary N) is 2. The molecule has 4 nitrogen and oxygen atoms in total. The van der Waals surface area contributed by atoms with E-state index in [9.17, 15) is 4.79 Å². The van der Waals surface area contributed by atoms with Crippen LogP contribution < -0.4 is 5.32 Å². The summed E-state index contributed by atoms with van der Waals surface area (Å²) in [5, 5.41) is 10.7. The number of anilines is 1. The number of aryl methyl sites for hydroxylation is 1. The van der Waals surface area contributed by atoms with Crippen LogP contribution in [0.1, 0.15) is 29.3 Å². The fourth-order valence-electron chi connectivity index (χ4n) is 2.32. The lowest BCUT2D eigenvalue weighted by Crippen LogP contribution is -2.11. The molecule has 21 heavy (non-hydrogen) atoms. The molecular formula is C17H17N3O. The minimum Gasteiger partial charge on any atom is -0.322 e. The molecule has 0 bridgehead atoms. The van der Waals surface area contributed by atoms with Gasteiger partial charge in [-0.3, -0.25) is 9.89 Å². The highest BCUT2D eigenvalue weighted by Crippen LogP contribution is 2.16. The number of amides is 1. The highest BCUT2D eigenvalue weighted by molar-refractivity contribution is 6.06. The standard InChI is InChI=1S/C17H17N3O/c1-2-3-12-4-8-15(9-5-12)19-17(21)13-6-7-14-11-18-20-16(14)10-13/h4-11H,2-3H2,1H3,(H,18,20)(H,19,21). The average molecular weight is 279 g/mol. The second-order valence-electron chi connectivity index (χ2n) is 5.07. The Labute approximate surface area is 123 Å². The van der Waals surface area contributed by atoms with Gasteiger partial charge in [0.2, 0.25) is 0 Å². The second kappa shape index (κ2) is 5.79. The van der Waals surface area contributed by atoms with E-state index in [0.29, 0.717) is 5.56 Å². The number of aromatic amines is 1. The molecule has 3 aromatic rings. The van der Waals surface area contributed by atoms with Crippen LogP contribution in [-0.4, -0.2) is 16.1 Å².